The maximum atomic E-state index is 12.6. The van der Waals surface area contributed by atoms with E-state index in [2.05, 4.69) is 15.3 Å². The fraction of sp³-hybridized carbons (Fsp3) is 0.263. The second kappa shape index (κ2) is 8.13. The van der Waals surface area contributed by atoms with Gasteiger partial charge in [-0.25, -0.2) is 4.98 Å². The molecule has 0 spiro atoms. The van der Waals surface area contributed by atoms with E-state index in [0.717, 1.165) is 11.4 Å². The highest BCUT2D eigenvalue weighted by Crippen LogP contribution is 2.13. The smallest absolute Gasteiger partial charge is 0.262 e. The molecule has 2 heterocycles. The van der Waals surface area contributed by atoms with Crippen LogP contribution < -0.4 is 15.8 Å². The van der Waals surface area contributed by atoms with Crippen molar-refractivity contribution >= 4 is 34.8 Å². The molecule has 2 N–H and O–H groups in total. The van der Waals surface area contributed by atoms with Gasteiger partial charge in [-0.1, -0.05) is 18.2 Å². The van der Waals surface area contributed by atoms with Gasteiger partial charge < -0.3 is 15.2 Å². The number of H-pyrrole nitrogens is 1. The van der Waals surface area contributed by atoms with Crippen molar-refractivity contribution in [3.05, 3.63) is 63.3 Å². The number of carbonyl (C=O) groups excluding carboxylic acids is 1. The number of carbonyl (C=O) groups is 1. The van der Waals surface area contributed by atoms with Crippen LogP contribution in [-0.4, -0.2) is 34.5 Å². The largest absolute Gasteiger partial charge is 0.362 e. The molecular weight excluding hydrogens is 362 g/mol. The summed E-state index contributed by atoms with van der Waals surface area (Å²) in [5.74, 6) is 0.656. The van der Waals surface area contributed by atoms with Crippen molar-refractivity contribution in [1.29, 1.82) is 0 Å². The second-order valence-electron chi connectivity index (χ2n) is 6.34. The van der Waals surface area contributed by atoms with E-state index in [1.807, 2.05) is 37.2 Å². The van der Waals surface area contributed by atoms with Crippen LogP contribution in [0.3, 0.4) is 0 Å². The van der Waals surface area contributed by atoms with E-state index in [9.17, 15) is 9.59 Å². The number of pyridine rings is 1. The number of anilines is 1. The number of aromatic nitrogens is 3. The normalized spacial score (nSPS) is 10.7. The van der Waals surface area contributed by atoms with Crippen molar-refractivity contribution in [1.82, 2.24) is 19.9 Å². The van der Waals surface area contributed by atoms with E-state index in [1.54, 1.807) is 24.4 Å². The lowest BCUT2D eigenvalue weighted by molar-refractivity contribution is -0.121. The highest BCUT2D eigenvalue weighted by Gasteiger charge is 2.10. The van der Waals surface area contributed by atoms with Crippen LogP contribution in [0.4, 0.5) is 5.82 Å². The van der Waals surface area contributed by atoms with Crippen LogP contribution in [0.2, 0.25) is 0 Å². The molecule has 3 rings (SSSR count). The molecule has 8 heteroatoms. The molecular formula is C19H21N5O2S. The zero-order valence-corrected chi connectivity index (χ0v) is 16.0. The summed E-state index contributed by atoms with van der Waals surface area (Å²) >= 11 is 5.27. The fourth-order valence-electron chi connectivity index (χ4n) is 2.87. The first-order valence-electron chi connectivity index (χ1n) is 8.57. The van der Waals surface area contributed by atoms with E-state index in [-0.39, 0.29) is 24.4 Å². The molecule has 3 aromatic rings. The number of nitrogens with zero attached hydrogens (tertiary/aromatic N) is 3. The molecule has 0 aliphatic heterocycles. The highest BCUT2D eigenvalue weighted by atomic mass is 32.1. The van der Waals surface area contributed by atoms with Gasteiger partial charge in [-0.3, -0.25) is 14.2 Å². The Labute approximate surface area is 161 Å². The van der Waals surface area contributed by atoms with Gasteiger partial charge in [0.25, 0.3) is 5.56 Å². The van der Waals surface area contributed by atoms with E-state index >= 15 is 0 Å². The van der Waals surface area contributed by atoms with Gasteiger partial charge in [-0.15, -0.1) is 0 Å². The number of nitrogens with one attached hydrogen (secondary N) is 2. The van der Waals surface area contributed by atoms with E-state index < -0.39 is 0 Å². The van der Waals surface area contributed by atoms with Gasteiger partial charge in [0.2, 0.25) is 5.91 Å². The minimum atomic E-state index is -0.190. The Kier molecular flexibility index (Phi) is 5.66. The number of rotatable bonds is 6. The first-order valence-corrected chi connectivity index (χ1v) is 8.98. The third kappa shape index (κ3) is 4.22. The summed E-state index contributed by atoms with van der Waals surface area (Å²) in [5, 5.41) is 3.43. The zero-order valence-electron chi connectivity index (χ0n) is 15.2. The van der Waals surface area contributed by atoms with Crippen molar-refractivity contribution in [3.8, 4) is 0 Å². The third-order valence-electron chi connectivity index (χ3n) is 4.22. The Morgan fingerprint density at radius 1 is 1.26 bits per heavy atom. The molecule has 2 aromatic heterocycles. The van der Waals surface area contributed by atoms with Crippen LogP contribution in [0.5, 0.6) is 0 Å². The summed E-state index contributed by atoms with van der Waals surface area (Å²) in [7, 11) is 3.81. The van der Waals surface area contributed by atoms with Gasteiger partial charge in [-0.05, 0) is 30.4 Å². The van der Waals surface area contributed by atoms with Crippen molar-refractivity contribution < 1.29 is 4.79 Å². The molecule has 0 saturated carbocycles. The summed E-state index contributed by atoms with van der Waals surface area (Å²) in [6.07, 6.45) is 1.88. The average Bonchev–Trinajstić information content (AvgIpc) is 2.66. The monoisotopic (exact) mass is 383 g/mol. The number of hydrogen-bond donors (Lipinski definition) is 2. The quantitative estimate of drug-likeness (QED) is 0.638. The fourth-order valence-corrected chi connectivity index (χ4v) is 3.15. The maximum absolute atomic E-state index is 12.6. The molecule has 7 nitrogen and oxygen atoms in total. The minimum Gasteiger partial charge on any atom is -0.362 e. The van der Waals surface area contributed by atoms with Crippen LogP contribution in [0.1, 0.15) is 12.0 Å². The standard InChI is InChI=1S/C19H21N5O2S/c1-23(2)17-13(6-5-10-20-17)12-21-16(25)9-11-24-18(26)14-7-3-4-8-15(14)22-19(24)27/h3-8,10H,9,11-12H2,1-2H3,(H,21,25)(H,22,27). The van der Waals surface area contributed by atoms with Crippen molar-refractivity contribution in [2.75, 3.05) is 19.0 Å². The van der Waals surface area contributed by atoms with Gasteiger partial charge in [0.15, 0.2) is 4.77 Å². The summed E-state index contributed by atoms with van der Waals surface area (Å²) in [6.45, 7) is 0.595. The average molecular weight is 383 g/mol. The Bertz CT molecular complexity index is 1090. The molecule has 0 radical (unpaired) electrons. The van der Waals surface area contributed by atoms with Crippen molar-refractivity contribution in [3.63, 3.8) is 0 Å². The lowest BCUT2D eigenvalue weighted by atomic mass is 10.2. The van der Waals surface area contributed by atoms with Gasteiger partial charge in [0.1, 0.15) is 5.82 Å². The SMILES string of the molecule is CN(C)c1ncccc1CNC(=O)CCn1c(=S)[nH]c2ccccc2c1=O. The molecule has 1 amide bonds. The predicted molar refractivity (Wildman–Crippen MR) is 108 cm³/mol. The van der Waals surface area contributed by atoms with Gasteiger partial charge >= 0.3 is 0 Å². The minimum absolute atomic E-state index is 0.155. The number of amides is 1. The van der Waals surface area contributed by atoms with E-state index in [4.69, 9.17) is 12.2 Å². The maximum Gasteiger partial charge on any atom is 0.262 e. The van der Waals surface area contributed by atoms with Crippen LogP contribution >= 0.6 is 12.2 Å². The first-order chi connectivity index (χ1) is 13.0. The molecule has 140 valence electrons. The highest BCUT2D eigenvalue weighted by molar-refractivity contribution is 7.71. The number of benzene rings is 1. The van der Waals surface area contributed by atoms with Gasteiger partial charge in [0, 0.05) is 45.4 Å². The molecule has 0 unspecified atom stereocenters. The van der Waals surface area contributed by atoms with Gasteiger partial charge in [-0.2, -0.15) is 0 Å². The lowest BCUT2D eigenvalue weighted by Gasteiger charge is -2.16. The number of para-hydroxylation sites is 1. The van der Waals surface area contributed by atoms with Crippen LogP contribution in [-0.2, 0) is 17.9 Å². The Balaban J connectivity index is 1.68. The molecule has 0 atom stereocenters. The summed E-state index contributed by atoms with van der Waals surface area (Å²) in [4.78, 5) is 34.1. The number of fused-ring (bicyclic) bond motifs is 1. The van der Waals surface area contributed by atoms with Crippen LogP contribution in [0.25, 0.3) is 10.9 Å². The molecule has 27 heavy (non-hydrogen) atoms. The van der Waals surface area contributed by atoms with E-state index in [0.29, 0.717) is 22.2 Å². The van der Waals surface area contributed by atoms with Crippen molar-refractivity contribution in [2.24, 2.45) is 0 Å². The number of aromatic amines is 1. The van der Waals surface area contributed by atoms with Crippen LogP contribution in [0, 0.1) is 4.77 Å². The molecule has 1 aromatic carbocycles. The Morgan fingerprint density at radius 3 is 2.81 bits per heavy atom. The van der Waals surface area contributed by atoms with E-state index in [1.165, 1.54) is 4.57 Å². The first kappa shape index (κ1) is 18.8. The molecule has 0 aliphatic rings. The number of hydrogen-bond acceptors (Lipinski definition) is 5. The molecule has 0 aliphatic carbocycles. The summed E-state index contributed by atoms with van der Waals surface area (Å²) in [5.41, 5.74) is 1.43. The second-order valence-corrected chi connectivity index (χ2v) is 6.73. The molecule has 0 bridgehead atoms. The Morgan fingerprint density at radius 2 is 2.04 bits per heavy atom. The Hall–Kier alpha value is -3.00. The van der Waals surface area contributed by atoms with Gasteiger partial charge in [0.05, 0.1) is 10.9 Å². The molecule has 0 fully saturated rings. The predicted octanol–water partition coefficient (Wildman–Crippen LogP) is 2.23. The lowest BCUT2D eigenvalue weighted by Crippen LogP contribution is -2.28. The van der Waals surface area contributed by atoms with Crippen LogP contribution in [0.15, 0.2) is 47.4 Å². The summed E-state index contributed by atoms with van der Waals surface area (Å²) < 4.78 is 1.74. The third-order valence-corrected chi connectivity index (χ3v) is 4.54. The zero-order chi connectivity index (χ0) is 19.4. The molecule has 0 saturated heterocycles. The van der Waals surface area contributed by atoms with Crippen molar-refractivity contribution in [2.45, 2.75) is 19.5 Å². The summed E-state index contributed by atoms with van der Waals surface area (Å²) in [6, 6.07) is 10.9. The topological polar surface area (TPSA) is 83.0 Å².